The highest BCUT2D eigenvalue weighted by Gasteiger charge is 2.25. The number of carboxylic acid groups (broad SMARTS) is 2. The van der Waals surface area contributed by atoms with Gasteiger partial charge in [0, 0.05) is 19.3 Å². The van der Waals surface area contributed by atoms with E-state index in [1.54, 1.807) is 6.08 Å². The molecule has 34 heavy (non-hydrogen) atoms. The van der Waals surface area contributed by atoms with Gasteiger partial charge in [0.1, 0.15) is 0 Å². The zero-order valence-electron chi connectivity index (χ0n) is 23.3. The summed E-state index contributed by atoms with van der Waals surface area (Å²) < 4.78 is 0. The fourth-order valence-corrected chi connectivity index (χ4v) is 4.03. The first kappa shape index (κ1) is 34.5. The molecule has 0 aliphatic heterocycles. The van der Waals surface area contributed by atoms with Crippen LogP contribution in [0.5, 0.6) is 0 Å². The number of rotatable bonds is 14. The summed E-state index contributed by atoms with van der Waals surface area (Å²) >= 11 is 0. The summed E-state index contributed by atoms with van der Waals surface area (Å²) in [6, 6.07) is 0. The largest absolute Gasteiger partial charge is 0.481 e. The smallest absolute Gasteiger partial charge is 0.303 e. The molecule has 5 nitrogen and oxygen atoms in total. The molecule has 5 heteroatoms. The van der Waals surface area contributed by atoms with E-state index in [0.717, 1.165) is 43.9 Å². The van der Waals surface area contributed by atoms with Gasteiger partial charge in [0.15, 0.2) is 5.78 Å². The third kappa shape index (κ3) is 28.4. The Morgan fingerprint density at radius 3 is 1.44 bits per heavy atom. The maximum atomic E-state index is 11.0. The third-order valence-corrected chi connectivity index (χ3v) is 5.66. The lowest BCUT2D eigenvalue weighted by atomic mass is 9.77. The van der Waals surface area contributed by atoms with E-state index in [1.807, 2.05) is 6.92 Å². The number of carboxylic acids is 2. The van der Waals surface area contributed by atoms with Crippen LogP contribution in [0.25, 0.3) is 0 Å². The molecule has 0 aromatic carbocycles. The van der Waals surface area contributed by atoms with E-state index in [9.17, 15) is 14.4 Å². The summed E-state index contributed by atoms with van der Waals surface area (Å²) in [4.78, 5) is 31.3. The van der Waals surface area contributed by atoms with Crippen molar-refractivity contribution in [1.29, 1.82) is 0 Å². The second kappa shape index (κ2) is 20.7. The minimum absolute atomic E-state index is 0.204. The van der Waals surface area contributed by atoms with Crippen LogP contribution in [0.4, 0.5) is 0 Å². The van der Waals surface area contributed by atoms with E-state index in [1.165, 1.54) is 44.1 Å². The lowest BCUT2D eigenvalue weighted by Gasteiger charge is -2.27. The minimum atomic E-state index is -0.668. The lowest BCUT2D eigenvalue weighted by molar-refractivity contribution is -0.138. The van der Waals surface area contributed by atoms with Crippen LogP contribution in [0.2, 0.25) is 0 Å². The number of unbranched alkanes of at least 4 members (excludes halogenated alkanes) is 6. The zero-order chi connectivity index (χ0) is 26.6. The average molecular weight is 483 g/mol. The molecular weight excluding hydrogens is 428 g/mol. The van der Waals surface area contributed by atoms with Crippen molar-refractivity contribution < 1.29 is 24.6 Å². The highest BCUT2D eigenvalue weighted by Crippen LogP contribution is 2.32. The molecule has 0 heterocycles. The first-order chi connectivity index (χ1) is 15.7. The van der Waals surface area contributed by atoms with Crippen LogP contribution in [-0.2, 0) is 14.4 Å². The maximum absolute atomic E-state index is 11.0. The zero-order valence-corrected chi connectivity index (χ0v) is 23.3. The van der Waals surface area contributed by atoms with Crippen LogP contribution in [-0.4, -0.2) is 27.9 Å². The van der Waals surface area contributed by atoms with Gasteiger partial charge in [-0.15, -0.1) is 0 Å². The van der Waals surface area contributed by atoms with Gasteiger partial charge in [0.05, 0.1) is 0 Å². The number of carbonyl (C=O) groups excluding carboxylic acids is 1. The summed E-state index contributed by atoms with van der Waals surface area (Å²) in [6.45, 7) is 15.2. The molecule has 1 rings (SSSR count). The summed E-state index contributed by atoms with van der Waals surface area (Å²) in [7, 11) is 0. The molecule has 2 N–H and O–H groups in total. The van der Waals surface area contributed by atoms with Crippen LogP contribution in [0.1, 0.15) is 138 Å². The number of ketones is 1. The SMILES string of the molecule is CC(C)CCCCCCC(=O)O.CC(C)CCCCCCC(=O)O.CC1=CC(=O)CC(C)(C)C1. The second-order valence-electron chi connectivity index (χ2n) is 11.5. The number of hydrogen-bond donors (Lipinski definition) is 2. The number of carbonyl (C=O) groups is 3. The first-order valence-electron chi connectivity index (χ1n) is 13.4. The van der Waals surface area contributed by atoms with Gasteiger partial charge in [-0.2, -0.15) is 0 Å². The Morgan fingerprint density at radius 1 is 0.765 bits per heavy atom. The van der Waals surface area contributed by atoms with E-state index in [-0.39, 0.29) is 11.2 Å². The predicted molar refractivity (Wildman–Crippen MR) is 142 cm³/mol. The summed E-state index contributed by atoms with van der Waals surface area (Å²) in [5.74, 6) is 0.514. The van der Waals surface area contributed by atoms with E-state index in [4.69, 9.17) is 10.2 Å². The molecule has 1 aliphatic carbocycles. The fraction of sp³-hybridized carbons (Fsp3) is 0.828. The van der Waals surface area contributed by atoms with Crippen LogP contribution in [0.15, 0.2) is 11.6 Å². The molecule has 0 aromatic heterocycles. The lowest BCUT2D eigenvalue weighted by Crippen LogP contribution is -2.20. The average Bonchev–Trinajstić information content (AvgIpc) is 2.65. The second-order valence-corrected chi connectivity index (χ2v) is 11.5. The molecule has 0 bridgehead atoms. The molecular formula is C29H54O5. The molecule has 0 unspecified atom stereocenters. The Labute approximate surface area is 209 Å². The Balaban J connectivity index is 0. The number of aliphatic carboxylic acids is 2. The molecule has 0 atom stereocenters. The van der Waals surface area contributed by atoms with Crippen molar-refractivity contribution in [3.8, 4) is 0 Å². The minimum Gasteiger partial charge on any atom is -0.481 e. The number of hydrogen-bond acceptors (Lipinski definition) is 3. The van der Waals surface area contributed by atoms with Crippen LogP contribution < -0.4 is 0 Å². The first-order valence-corrected chi connectivity index (χ1v) is 13.4. The monoisotopic (exact) mass is 482 g/mol. The fourth-order valence-electron chi connectivity index (χ4n) is 4.03. The van der Waals surface area contributed by atoms with Gasteiger partial charge in [-0.25, -0.2) is 0 Å². The number of allylic oxidation sites excluding steroid dienone is 2. The van der Waals surface area contributed by atoms with Crippen molar-refractivity contribution >= 4 is 17.7 Å². The van der Waals surface area contributed by atoms with Gasteiger partial charge in [0.25, 0.3) is 0 Å². The van der Waals surface area contributed by atoms with Crippen molar-refractivity contribution in [2.45, 2.75) is 138 Å². The van der Waals surface area contributed by atoms with Crippen molar-refractivity contribution in [3.63, 3.8) is 0 Å². The molecule has 0 spiro atoms. The molecule has 0 radical (unpaired) electrons. The Hall–Kier alpha value is -1.65. The van der Waals surface area contributed by atoms with Crippen LogP contribution in [0.3, 0.4) is 0 Å². The molecule has 0 saturated heterocycles. The van der Waals surface area contributed by atoms with E-state index < -0.39 is 11.9 Å². The van der Waals surface area contributed by atoms with E-state index >= 15 is 0 Å². The highest BCUT2D eigenvalue weighted by atomic mass is 16.4. The molecule has 200 valence electrons. The van der Waals surface area contributed by atoms with E-state index in [0.29, 0.717) is 19.3 Å². The van der Waals surface area contributed by atoms with Gasteiger partial charge < -0.3 is 10.2 Å². The molecule has 0 amide bonds. The standard InChI is InChI=1S/2C10H20O2.C9H14O/c2*1-9(2)7-5-3-4-6-8-10(11)12;1-7-4-8(10)6-9(2,3)5-7/h2*9H,3-8H2,1-2H3,(H,11,12);4H,5-6H2,1-3H3. The maximum Gasteiger partial charge on any atom is 0.303 e. The molecule has 0 aromatic rings. The van der Waals surface area contributed by atoms with Crippen LogP contribution >= 0.6 is 0 Å². The normalized spacial score (nSPS) is 14.6. The molecule has 1 aliphatic rings. The van der Waals surface area contributed by atoms with Crippen molar-refractivity contribution in [2.75, 3.05) is 0 Å². The Kier molecular flexibility index (Phi) is 21.0. The highest BCUT2D eigenvalue weighted by molar-refractivity contribution is 5.91. The van der Waals surface area contributed by atoms with Gasteiger partial charge in [-0.3, -0.25) is 14.4 Å². The third-order valence-electron chi connectivity index (χ3n) is 5.66. The van der Waals surface area contributed by atoms with Gasteiger partial charge in [-0.1, -0.05) is 98.5 Å². The van der Waals surface area contributed by atoms with Gasteiger partial charge in [-0.05, 0) is 49.5 Å². The molecule has 0 saturated carbocycles. The predicted octanol–water partition coefficient (Wildman–Crippen LogP) is 8.46. The summed E-state index contributed by atoms with van der Waals surface area (Å²) in [5, 5.41) is 16.7. The van der Waals surface area contributed by atoms with Crippen LogP contribution in [0, 0.1) is 17.3 Å². The van der Waals surface area contributed by atoms with Gasteiger partial charge >= 0.3 is 11.9 Å². The molecule has 0 fully saturated rings. The Morgan fingerprint density at radius 2 is 1.15 bits per heavy atom. The Bertz CT molecular complexity index is 557. The van der Waals surface area contributed by atoms with E-state index in [2.05, 4.69) is 41.5 Å². The van der Waals surface area contributed by atoms with Gasteiger partial charge in [0.2, 0.25) is 0 Å². The summed E-state index contributed by atoms with van der Waals surface area (Å²) in [5.41, 5.74) is 1.43. The topological polar surface area (TPSA) is 91.7 Å². The van der Waals surface area contributed by atoms with Crippen molar-refractivity contribution in [2.24, 2.45) is 17.3 Å². The quantitative estimate of drug-likeness (QED) is 0.242. The summed E-state index contributed by atoms with van der Waals surface area (Å²) in [6.07, 6.45) is 15.4. The van der Waals surface area contributed by atoms with Crippen molar-refractivity contribution in [3.05, 3.63) is 11.6 Å². The van der Waals surface area contributed by atoms with Crippen molar-refractivity contribution in [1.82, 2.24) is 0 Å².